The number of nitrogens with zero attached hydrogens (tertiary/aromatic N) is 1. The molecule has 0 unspecified atom stereocenters. The lowest BCUT2D eigenvalue weighted by molar-refractivity contribution is 0.0782. The second-order valence-corrected chi connectivity index (χ2v) is 5.61. The molecule has 2 heteroatoms. The highest BCUT2D eigenvalue weighted by Crippen LogP contribution is 2.35. The summed E-state index contributed by atoms with van der Waals surface area (Å²) in [5.74, 6) is 0.977. The third-order valence-corrected chi connectivity index (χ3v) is 4.76. The summed E-state index contributed by atoms with van der Waals surface area (Å²) in [6, 6.07) is 1.79. The maximum atomic E-state index is 3.75. The van der Waals surface area contributed by atoms with Crippen molar-refractivity contribution in [2.24, 2.45) is 5.92 Å². The molecule has 0 spiro atoms. The number of hydrogen-bond acceptors (Lipinski definition) is 2. The fraction of sp³-hybridized carbons (Fsp3) is 1.00. The van der Waals surface area contributed by atoms with Crippen molar-refractivity contribution >= 4 is 0 Å². The second kappa shape index (κ2) is 4.42. The second-order valence-electron chi connectivity index (χ2n) is 5.61. The average Bonchev–Trinajstić information content (AvgIpc) is 2.82. The Morgan fingerprint density at radius 2 is 1.73 bits per heavy atom. The van der Waals surface area contributed by atoms with Crippen LogP contribution < -0.4 is 5.32 Å². The van der Waals surface area contributed by atoms with E-state index in [0.717, 1.165) is 18.0 Å². The van der Waals surface area contributed by atoms with Gasteiger partial charge in [-0.05, 0) is 64.1 Å². The van der Waals surface area contributed by atoms with E-state index in [-0.39, 0.29) is 0 Å². The molecule has 2 nitrogen and oxygen atoms in total. The molecular formula is C13H24N2. The lowest BCUT2D eigenvalue weighted by Crippen LogP contribution is -2.53. The van der Waals surface area contributed by atoms with Crippen molar-refractivity contribution in [1.82, 2.24) is 10.2 Å². The van der Waals surface area contributed by atoms with E-state index in [1.54, 1.807) is 0 Å². The van der Waals surface area contributed by atoms with Gasteiger partial charge in [0.15, 0.2) is 0 Å². The fourth-order valence-corrected chi connectivity index (χ4v) is 4.04. The van der Waals surface area contributed by atoms with E-state index >= 15 is 0 Å². The van der Waals surface area contributed by atoms with E-state index in [0.29, 0.717) is 0 Å². The van der Waals surface area contributed by atoms with Gasteiger partial charge >= 0.3 is 0 Å². The Balaban J connectivity index is 1.69. The molecule has 1 saturated carbocycles. The van der Waals surface area contributed by atoms with Crippen LogP contribution in [0.5, 0.6) is 0 Å². The molecule has 0 aromatic carbocycles. The SMILES string of the molecule is C1CN[C@@H]2CCC[C@H](N3CCCC3)[C@@H]2C1. The minimum Gasteiger partial charge on any atom is -0.314 e. The molecule has 2 saturated heterocycles. The zero-order chi connectivity index (χ0) is 10.1. The summed E-state index contributed by atoms with van der Waals surface area (Å²) in [7, 11) is 0. The minimum absolute atomic E-state index is 0.859. The van der Waals surface area contributed by atoms with Crippen molar-refractivity contribution in [1.29, 1.82) is 0 Å². The van der Waals surface area contributed by atoms with E-state index in [4.69, 9.17) is 0 Å². The molecule has 0 amide bonds. The molecule has 3 fully saturated rings. The van der Waals surface area contributed by atoms with Crippen molar-refractivity contribution in [3.63, 3.8) is 0 Å². The van der Waals surface area contributed by atoms with Gasteiger partial charge in [0.1, 0.15) is 0 Å². The van der Waals surface area contributed by atoms with E-state index in [1.165, 1.54) is 64.6 Å². The van der Waals surface area contributed by atoms with Gasteiger partial charge in [0.25, 0.3) is 0 Å². The van der Waals surface area contributed by atoms with Gasteiger partial charge in [-0.3, -0.25) is 0 Å². The summed E-state index contributed by atoms with van der Waals surface area (Å²) in [4.78, 5) is 2.80. The molecule has 1 aliphatic carbocycles. The van der Waals surface area contributed by atoms with Crippen molar-refractivity contribution < 1.29 is 0 Å². The highest BCUT2D eigenvalue weighted by atomic mass is 15.2. The lowest BCUT2D eigenvalue weighted by atomic mass is 9.75. The first kappa shape index (κ1) is 10.1. The Labute approximate surface area is 93.4 Å². The topological polar surface area (TPSA) is 15.3 Å². The largest absolute Gasteiger partial charge is 0.314 e. The first-order valence-corrected chi connectivity index (χ1v) is 6.92. The Morgan fingerprint density at radius 3 is 2.60 bits per heavy atom. The summed E-state index contributed by atoms with van der Waals surface area (Å²) >= 11 is 0. The molecule has 86 valence electrons. The quantitative estimate of drug-likeness (QED) is 0.709. The van der Waals surface area contributed by atoms with Crippen LogP contribution in [0.2, 0.25) is 0 Å². The number of fused-ring (bicyclic) bond motifs is 1. The minimum atomic E-state index is 0.859. The molecule has 2 heterocycles. The predicted octanol–water partition coefficient (Wildman–Crippen LogP) is 2.00. The standard InChI is InChI=1S/C13H24N2/c1-2-10-15(9-1)13-7-3-6-12-11(13)5-4-8-14-12/h11-14H,1-10H2/t11-,12-,13+/m1/s1. The number of likely N-dealkylation sites (tertiary alicyclic amines) is 1. The monoisotopic (exact) mass is 208 g/mol. The van der Waals surface area contributed by atoms with Gasteiger partial charge in [0.2, 0.25) is 0 Å². The van der Waals surface area contributed by atoms with Gasteiger partial charge in [0.05, 0.1) is 0 Å². The zero-order valence-electron chi connectivity index (χ0n) is 9.75. The molecule has 0 aromatic rings. The zero-order valence-corrected chi connectivity index (χ0v) is 9.75. The van der Waals surface area contributed by atoms with Crippen LogP contribution in [0.4, 0.5) is 0 Å². The normalized spacial score (nSPS) is 42.8. The highest BCUT2D eigenvalue weighted by molar-refractivity contribution is 4.95. The Hall–Kier alpha value is -0.0800. The van der Waals surface area contributed by atoms with Crippen molar-refractivity contribution in [3.8, 4) is 0 Å². The summed E-state index contributed by atoms with van der Waals surface area (Å²) < 4.78 is 0. The summed E-state index contributed by atoms with van der Waals surface area (Å²) in [5.41, 5.74) is 0. The van der Waals surface area contributed by atoms with Crippen LogP contribution >= 0.6 is 0 Å². The predicted molar refractivity (Wildman–Crippen MR) is 63.0 cm³/mol. The van der Waals surface area contributed by atoms with Crippen LogP contribution in [0, 0.1) is 5.92 Å². The molecule has 2 aliphatic heterocycles. The van der Waals surface area contributed by atoms with Crippen molar-refractivity contribution in [3.05, 3.63) is 0 Å². The molecule has 1 N–H and O–H groups in total. The Bertz CT molecular complexity index is 209. The van der Waals surface area contributed by atoms with E-state index in [2.05, 4.69) is 10.2 Å². The van der Waals surface area contributed by atoms with Gasteiger partial charge in [-0.25, -0.2) is 0 Å². The van der Waals surface area contributed by atoms with Crippen LogP contribution in [0.15, 0.2) is 0 Å². The molecule has 0 radical (unpaired) electrons. The highest BCUT2D eigenvalue weighted by Gasteiger charge is 2.38. The molecule has 3 aliphatic rings. The van der Waals surface area contributed by atoms with Crippen molar-refractivity contribution in [2.45, 2.75) is 57.0 Å². The van der Waals surface area contributed by atoms with Gasteiger partial charge in [-0.15, -0.1) is 0 Å². The third kappa shape index (κ3) is 1.94. The van der Waals surface area contributed by atoms with Crippen LogP contribution in [0.25, 0.3) is 0 Å². The number of nitrogens with one attached hydrogen (secondary N) is 1. The number of hydrogen-bond donors (Lipinski definition) is 1. The first-order chi connectivity index (χ1) is 7.45. The molecule has 0 bridgehead atoms. The molecule has 3 rings (SSSR count). The fourth-order valence-electron chi connectivity index (χ4n) is 4.04. The van der Waals surface area contributed by atoms with Gasteiger partial charge in [-0.2, -0.15) is 0 Å². The Kier molecular flexibility index (Phi) is 2.98. The summed E-state index contributed by atoms with van der Waals surface area (Å²) in [6.45, 7) is 4.04. The molecule has 3 atom stereocenters. The number of piperidine rings is 1. The Morgan fingerprint density at radius 1 is 0.867 bits per heavy atom. The van der Waals surface area contributed by atoms with Crippen LogP contribution in [0.3, 0.4) is 0 Å². The molecule has 0 aromatic heterocycles. The van der Waals surface area contributed by atoms with Gasteiger partial charge in [0, 0.05) is 12.1 Å². The maximum absolute atomic E-state index is 3.75. The number of rotatable bonds is 1. The maximum Gasteiger partial charge on any atom is 0.0138 e. The van der Waals surface area contributed by atoms with Crippen molar-refractivity contribution in [2.75, 3.05) is 19.6 Å². The van der Waals surface area contributed by atoms with E-state index in [9.17, 15) is 0 Å². The molecular weight excluding hydrogens is 184 g/mol. The third-order valence-electron chi connectivity index (χ3n) is 4.76. The van der Waals surface area contributed by atoms with Gasteiger partial charge < -0.3 is 10.2 Å². The summed E-state index contributed by atoms with van der Waals surface area (Å²) in [5, 5.41) is 3.75. The lowest BCUT2D eigenvalue weighted by Gasteiger charge is -2.45. The van der Waals surface area contributed by atoms with Crippen LogP contribution in [-0.4, -0.2) is 36.6 Å². The average molecular weight is 208 g/mol. The van der Waals surface area contributed by atoms with E-state index < -0.39 is 0 Å². The van der Waals surface area contributed by atoms with Crippen LogP contribution in [-0.2, 0) is 0 Å². The first-order valence-electron chi connectivity index (χ1n) is 6.92. The van der Waals surface area contributed by atoms with Crippen LogP contribution in [0.1, 0.15) is 44.9 Å². The summed E-state index contributed by atoms with van der Waals surface area (Å²) in [6.07, 6.45) is 10.2. The van der Waals surface area contributed by atoms with Gasteiger partial charge in [-0.1, -0.05) is 6.42 Å². The van der Waals surface area contributed by atoms with E-state index in [1.807, 2.05) is 0 Å². The molecule has 15 heavy (non-hydrogen) atoms. The smallest absolute Gasteiger partial charge is 0.0138 e.